The Bertz CT molecular complexity index is 462. The summed E-state index contributed by atoms with van der Waals surface area (Å²) in [5.74, 6) is 0.889. The predicted molar refractivity (Wildman–Crippen MR) is 87.3 cm³/mol. The predicted octanol–water partition coefficient (Wildman–Crippen LogP) is 3.42. The molecule has 1 atom stereocenters. The fourth-order valence-corrected chi connectivity index (χ4v) is 3.36. The van der Waals surface area contributed by atoms with E-state index in [0.29, 0.717) is 6.04 Å². The number of hydrogen-bond donors (Lipinski definition) is 1. The average molecular weight is 341 g/mol. The summed E-state index contributed by atoms with van der Waals surface area (Å²) >= 11 is 3.57. The van der Waals surface area contributed by atoms with Crippen LogP contribution in [0.25, 0.3) is 0 Å². The molecule has 1 N–H and O–H groups in total. The van der Waals surface area contributed by atoms with Gasteiger partial charge in [-0.2, -0.15) is 0 Å². The van der Waals surface area contributed by atoms with Crippen LogP contribution in [0.4, 0.5) is 0 Å². The summed E-state index contributed by atoms with van der Waals surface area (Å²) in [6.45, 7) is 10.0. The molecule has 1 fully saturated rings. The standard InChI is InChI=1S/C16H25BrN2O/c1-12-7-8-18-16(2,3)11-19(12)10-13-5-6-15(20-4)14(17)9-13/h5-6,9,12,18H,7-8,10-11H2,1-4H3. The largest absolute Gasteiger partial charge is 0.496 e. The lowest BCUT2D eigenvalue weighted by molar-refractivity contribution is 0.173. The zero-order valence-electron chi connectivity index (χ0n) is 12.9. The van der Waals surface area contributed by atoms with Crippen LogP contribution >= 0.6 is 15.9 Å². The SMILES string of the molecule is COc1ccc(CN2CC(C)(C)NCCC2C)cc1Br. The number of ether oxygens (including phenoxy) is 1. The van der Waals surface area contributed by atoms with E-state index in [1.54, 1.807) is 7.11 Å². The highest BCUT2D eigenvalue weighted by Gasteiger charge is 2.27. The van der Waals surface area contributed by atoms with Gasteiger partial charge in [-0.05, 0) is 67.4 Å². The molecule has 20 heavy (non-hydrogen) atoms. The smallest absolute Gasteiger partial charge is 0.133 e. The highest BCUT2D eigenvalue weighted by molar-refractivity contribution is 9.10. The Kier molecular flexibility index (Phi) is 5.10. The third-order valence-corrected chi connectivity index (χ3v) is 4.61. The number of benzene rings is 1. The molecule has 1 aliphatic rings. The monoisotopic (exact) mass is 340 g/mol. The van der Waals surface area contributed by atoms with Crippen LogP contribution < -0.4 is 10.1 Å². The second kappa shape index (κ2) is 6.46. The van der Waals surface area contributed by atoms with E-state index in [1.807, 2.05) is 6.07 Å². The zero-order chi connectivity index (χ0) is 14.8. The summed E-state index contributed by atoms with van der Waals surface area (Å²) in [6.07, 6.45) is 1.20. The molecule has 1 heterocycles. The van der Waals surface area contributed by atoms with Gasteiger partial charge in [0.1, 0.15) is 5.75 Å². The highest BCUT2D eigenvalue weighted by Crippen LogP contribution is 2.27. The fraction of sp³-hybridized carbons (Fsp3) is 0.625. The Morgan fingerprint density at radius 1 is 1.45 bits per heavy atom. The average Bonchev–Trinajstić information content (AvgIpc) is 2.49. The molecule has 0 aliphatic carbocycles. The molecule has 1 aromatic carbocycles. The number of nitrogens with one attached hydrogen (secondary N) is 1. The molecule has 0 spiro atoms. The molecule has 3 nitrogen and oxygen atoms in total. The van der Waals surface area contributed by atoms with Crippen molar-refractivity contribution in [1.29, 1.82) is 0 Å². The lowest BCUT2D eigenvalue weighted by Gasteiger charge is -2.33. The van der Waals surface area contributed by atoms with E-state index in [1.165, 1.54) is 12.0 Å². The summed E-state index contributed by atoms with van der Waals surface area (Å²) in [6, 6.07) is 6.95. The Labute approximate surface area is 130 Å². The highest BCUT2D eigenvalue weighted by atomic mass is 79.9. The van der Waals surface area contributed by atoms with E-state index in [0.717, 1.165) is 29.9 Å². The van der Waals surface area contributed by atoms with Crippen molar-refractivity contribution >= 4 is 15.9 Å². The first-order valence-electron chi connectivity index (χ1n) is 7.23. The van der Waals surface area contributed by atoms with Gasteiger partial charge in [-0.1, -0.05) is 6.07 Å². The van der Waals surface area contributed by atoms with Gasteiger partial charge in [0.15, 0.2) is 0 Å². The lowest BCUT2D eigenvalue weighted by Crippen LogP contribution is -2.47. The van der Waals surface area contributed by atoms with Crippen LogP contribution in [0.1, 0.15) is 32.8 Å². The van der Waals surface area contributed by atoms with Crippen LogP contribution in [0.3, 0.4) is 0 Å². The van der Waals surface area contributed by atoms with Crippen molar-refractivity contribution in [3.05, 3.63) is 28.2 Å². The molecule has 1 saturated heterocycles. The molecule has 2 rings (SSSR count). The maximum absolute atomic E-state index is 5.29. The summed E-state index contributed by atoms with van der Waals surface area (Å²) in [4.78, 5) is 2.56. The first kappa shape index (κ1) is 15.8. The molecule has 112 valence electrons. The Morgan fingerprint density at radius 2 is 2.20 bits per heavy atom. The molecule has 4 heteroatoms. The van der Waals surface area contributed by atoms with Crippen LogP contribution in [-0.4, -0.2) is 36.7 Å². The summed E-state index contributed by atoms with van der Waals surface area (Å²) in [5.41, 5.74) is 1.50. The van der Waals surface area contributed by atoms with Crippen molar-refractivity contribution in [2.45, 2.75) is 45.3 Å². The molecule has 0 amide bonds. The van der Waals surface area contributed by atoms with Crippen molar-refractivity contribution in [1.82, 2.24) is 10.2 Å². The normalized spacial score (nSPS) is 23.4. The Hall–Kier alpha value is -0.580. The van der Waals surface area contributed by atoms with Crippen LogP contribution in [0.5, 0.6) is 5.75 Å². The molecular formula is C16H25BrN2O. The molecule has 1 unspecified atom stereocenters. The van der Waals surface area contributed by atoms with E-state index in [9.17, 15) is 0 Å². The van der Waals surface area contributed by atoms with E-state index in [4.69, 9.17) is 4.74 Å². The Balaban J connectivity index is 2.12. The molecular weight excluding hydrogens is 316 g/mol. The fourth-order valence-electron chi connectivity index (χ4n) is 2.78. The molecule has 0 bridgehead atoms. The summed E-state index contributed by atoms with van der Waals surface area (Å²) in [7, 11) is 1.70. The maximum Gasteiger partial charge on any atom is 0.133 e. The zero-order valence-corrected chi connectivity index (χ0v) is 14.5. The van der Waals surface area contributed by atoms with E-state index in [-0.39, 0.29) is 5.54 Å². The molecule has 0 aromatic heterocycles. The van der Waals surface area contributed by atoms with Crippen LogP contribution in [0.15, 0.2) is 22.7 Å². The second-order valence-corrected chi connectivity index (χ2v) is 7.18. The second-order valence-electron chi connectivity index (χ2n) is 6.32. The number of nitrogens with zero attached hydrogens (tertiary/aromatic N) is 1. The topological polar surface area (TPSA) is 24.5 Å². The van der Waals surface area contributed by atoms with Gasteiger partial charge in [0.25, 0.3) is 0 Å². The van der Waals surface area contributed by atoms with Gasteiger partial charge in [0.05, 0.1) is 11.6 Å². The van der Waals surface area contributed by atoms with E-state index in [2.05, 4.69) is 59.1 Å². The minimum Gasteiger partial charge on any atom is -0.496 e. The van der Waals surface area contributed by atoms with Crippen molar-refractivity contribution in [3.63, 3.8) is 0 Å². The number of hydrogen-bond acceptors (Lipinski definition) is 3. The van der Waals surface area contributed by atoms with Gasteiger partial charge in [-0.25, -0.2) is 0 Å². The summed E-state index contributed by atoms with van der Waals surface area (Å²) in [5, 5.41) is 3.63. The number of methoxy groups -OCH3 is 1. The van der Waals surface area contributed by atoms with Gasteiger partial charge < -0.3 is 10.1 Å². The third kappa shape index (κ3) is 3.96. The van der Waals surface area contributed by atoms with Crippen molar-refractivity contribution in [2.75, 3.05) is 20.2 Å². The molecule has 0 saturated carbocycles. The van der Waals surface area contributed by atoms with Gasteiger partial charge in [-0.15, -0.1) is 0 Å². The maximum atomic E-state index is 5.29. The quantitative estimate of drug-likeness (QED) is 0.912. The third-order valence-electron chi connectivity index (χ3n) is 3.99. The molecule has 1 aliphatic heterocycles. The minimum atomic E-state index is 0.175. The minimum absolute atomic E-state index is 0.175. The Morgan fingerprint density at radius 3 is 2.85 bits per heavy atom. The van der Waals surface area contributed by atoms with Gasteiger partial charge in [0, 0.05) is 24.7 Å². The number of rotatable bonds is 3. The van der Waals surface area contributed by atoms with Gasteiger partial charge in [0.2, 0.25) is 0 Å². The first-order chi connectivity index (χ1) is 9.41. The summed E-state index contributed by atoms with van der Waals surface area (Å²) < 4.78 is 6.32. The van der Waals surface area contributed by atoms with Crippen molar-refractivity contribution < 1.29 is 4.74 Å². The van der Waals surface area contributed by atoms with Crippen molar-refractivity contribution in [3.8, 4) is 5.75 Å². The van der Waals surface area contributed by atoms with Crippen LogP contribution in [-0.2, 0) is 6.54 Å². The van der Waals surface area contributed by atoms with Gasteiger partial charge >= 0.3 is 0 Å². The van der Waals surface area contributed by atoms with Crippen LogP contribution in [0.2, 0.25) is 0 Å². The van der Waals surface area contributed by atoms with Gasteiger partial charge in [-0.3, -0.25) is 4.90 Å². The van der Waals surface area contributed by atoms with Crippen LogP contribution in [0, 0.1) is 0 Å². The van der Waals surface area contributed by atoms with E-state index < -0.39 is 0 Å². The molecule has 0 radical (unpaired) electrons. The molecule has 1 aromatic rings. The first-order valence-corrected chi connectivity index (χ1v) is 8.02. The lowest BCUT2D eigenvalue weighted by atomic mass is 10.0. The number of halogens is 1. The van der Waals surface area contributed by atoms with Crippen molar-refractivity contribution in [2.24, 2.45) is 0 Å². The van der Waals surface area contributed by atoms with E-state index >= 15 is 0 Å².